The van der Waals surface area contributed by atoms with Crippen LogP contribution < -0.4 is 4.72 Å². The SMILES string of the molecule is CC(C)NS(=O)(=O)c1ccc(F)c(C(=O)N2CCOCC2(C)C)c1. The van der Waals surface area contributed by atoms with E-state index < -0.39 is 27.3 Å². The molecule has 6 nitrogen and oxygen atoms in total. The highest BCUT2D eigenvalue weighted by molar-refractivity contribution is 7.89. The van der Waals surface area contributed by atoms with E-state index in [9.17, 15) is 17.6 Å². The Hall–Kier alpha value is -1.51. The van der Waals surface area contributed by atoms with E-state index in [1.807, 2.05) is 13.8 Å². The topological polar surface area (TPSA) is 75.7 Å². The molecule has 1 saturated heterocycles. The Balaban J connectivity index is 2.40. The van der Waals surface area contributed by atoms with E-state index in [2.05, 4.69) is 4.72 Å². The highest BCUT2D eigenvalue weighted by atomic mass is 32.2. The number of halogens is 1. The first-order valence-corrected chi connectivity index (χ1v) is 9.24. The fourth-order valence-corrected chi connectivity index (χ4v) is 3.87. The van der Waals surface area contributed by atoms with Gasteiger partial charge in [0.15, 0.2) is 0 Å². The maximum atomic E-state index is 14.2. The Labute approximate surface area is 142 Å². The number of benzene rings is 1. The zero-order chi connectivity index (χ0) is 18.1. The first kappa shape index (κ1) is 18.8. The van der Waals surface area contributed by atoms with Gasteiger partial charge in [0.1, 0.15) is 5.82 Å². The molecule has 0 bridgehead atoms. The Morgan fingerprint density at radius 2 is 2.04 bits per heavy atom. The molecule has 1 heterocycles. The summed E-state index contributed by atoms with van der Waals surface area (Å²) in [4.78, 5) is 14.1. The zero-order valence-electron chi connectivity index (χ0n) is 14.3. The molecule has 2 rings (SSSR count). The van der Waals surface area contributed by atoms with Crippen molar-refractivity contribution in [1.82, 2.24) is 9.62 Å². The second kappa shape index (κ2) is 6.78. The molecule has 0 unspecified atom stereocenters. The van der Waals surface area contributed by atoms with Crippen LogP contribution in [-0.2, 0) is 14.8 Å². The van der Waals surface area contributed by atoms with E-state index in [0.29, 0.717) is 19.8 Å². The third kappa shape index (κ3) is 3.93. The van der Waals surface area contributed by atoms with E-state index in [-0.39, 0.29) is 16.5 Å². The summed E-state index contributed by atoms with van der Waals surface area (Å²) in [7, 11) is -3.80. The number of nitrogens with one attached hydrogen (secondary N) is 1. The van der Waals surface area contributed by atoms with Crippen LogP contribution in [0.2, 0.25) is 0 Å². The number of ether oxygens (including phenoxy) is 1. The molecule has 1 amide bonds. The minimum atomic E-state index is -3.80. The predicted molar refractivity (Wildman–Crippen MR) is 87.8 cm³/mol. The van der Waals surface area contributed by atoms with Gasteiger partial charge >= 0.3 is 0 Å². The standard InChI is InChI=1S/C16H23FN2O4S/c1-11(2)18-24(21,22)12-5-6-14(17)13(9-12)15(20)19-7-8-23-10-16(19,3)4/h5-6,9,11,18H,7-8,10H2,1-4H3. The second-order valence-corrected chi connectivity index (χ2v) is 8.45. The van der Waals surface area contributed by atoms with E-state index in [1.54, 1.807) is 13.8 Å². The molecular weight excluding hydrogens is 335 g/mol. The van der Waals surface area contributed by atoms with Gasteiger partial charge in [0, 0.05) is 12.6 Å². The van der Waals surface area contributed by atoms with Crippen molar-refractivity contribution in [2.75, 3.05) is 19.8 Å². The smallest absolute Gasteiger partial charge is 0.257 e. The molecule has 24 heavy (non-hydrogen) atoms. The van der Waals surface area contributed by atoms with Gasteiger partial charge < -0.3 is 9.64 Å². The summed E-state index contributed by atoms with van der Waals surface area (Å²) in [6.07, 6.45) is 0. The van der Waals surface area contributed by atoms with Crippen molar-refractivity contribution in [2.45, 2.75) is 44.2 Å². The molecule has 0 aliphatic carbocycles. The number of rotatable bonds is 4. The van der Waals surface area contributed by atoms with Crippen molar-refractivity contribution in [3.05, 3.63) is 29.6 Å². The van der Waals surface area contributed by atoms with Crippen molar-refractivity contribution in [3.8, 4) is 0 Å². The zero-order valence-corrected chi connectivity index (χ0v) is 15.1. The molecule has 0 aromatic heterocycles. The largest absolute Gasteiger partial charge is 0.377 e. The van der Waals surface area contributed by atoms with Crippen LogP contribution >= 0.6 is 0 Å². The molecule has 0 saturated carbocycles. The lowest BCUT2D eigenvalue weighted by atomic mass is 10.0. The molecule has 0 spiro atoms. The molecule has 134 valence electrons. The number of carbonyl (C=O) groups excluding carboxylic acids is 1. The van der Waals surface area contributed by atoms with Gasteiger partial charge in [-0.1, -0.05) is 0 Å². The van der Waals surface area contributed by atoms with Gasteiger partial charge in [-0.05, 0) is 45.9 Å². The van der Waals surface area contributed by atoms with E-state index in [0.717, 1.165) is 18.2 Å². The fraction of sp³-hybridized carbons (Fsp3) is 0.562. The van der Waals surface area contributed by atoms with Crippen LogP contribution in [-0.4, -0.2) is 50.6 Å². The van der Waals surface area contributed by atoms with Crippen LogP contribution in [0.5, 0.6) is 0 Å². The number of morpholine rings is 1. The molecule has 8 heteroatoms. The van der Waals surface area contributed by atoms with Gasteiger partial charge in [0.2, 0.25) is 10.0 Å². The Morgan fingerprint density at radius 1 is 1.38 bits per heavy atom. The average Bonchev–Trinajstić information content (AvgIpc) is 2.45. The van der Waals surface area contributed by atoms with Gasteiger partial charge in [-0.15, -0.1) is 0 Å². The summed E-state index contributed by atoms with van der Waals surface area (Å²) in [6.45, 7) is 8.04. The molecule has 1 aromatic carbocycles. The highest BCUT2D eigenvalue weighted by Crippen LogP contribution is 2.24. The highest BCUT2D eigenvalue weighted by Gasteiger charge is 2.36. The lowest BCUT2D eigenvalue weighted by Gasteiger charge is -2.42. The summed E-state index contributed by atoms with van der Waals surface area (Å²) in [5.41, 5.74) is -0.844. The van der Waals surface area contributed by atoms with Gasteiger partial charge in [-0.2, -0.15) is 0 Å². The van der Waals surface area contributed by atoms with Gasteiger partial charge in [0.05, 0.1) is 29.2 Å². The molecular formula is C16H23FN2O4S. The average molecular weight is 358 g/mol. The quantitative estimate of drug-likeness (QED) is 0.890. The van der Waals surface area contributed by atoms with Crippen molar-refractivity contribution >= 4 is 15.9 Å². The molecule has 1 aliphatic heterocycles. The second-order valence-electron chi connectivity index (χ2n) is 6.74. The molecule has 1 fully saturated rings. The van der Waals surface area contributed by atoms with E-state index in [4.69, 9.17) is 4.74 Å². The van der Waals surface area contributed by atoms with Crippen LogP contribution in [0.4, 0.5) is 4.39 Å². The third-order valence-corrected chi connectivity index (χ3v) is 5.42. The van der Waals surface area contributed by atoms with Crippen LogP contribution in [0.1, 0.15) is 38.1 Å². The summed E-state index contributed by atoms with van der Waals surface area (Å²) in [6, 6.07) is 2.95. The van der Waals surface area contributed by atoms with Gasteiger partial charge in [-0.25, -0.2) is 17.5 Å². The number of nitrogens with zero attached hydrogens (tertiary/aromatic N) is 1. The van der Waals surface area contributed by atoms with Crippen LogP contribution in [0, 0.1) is 5.82 Å². The molecule has 0 atom stereocenters. The van der Waals surface area contributed by atoms with E-state index >= 15 is 0 Å². The maximum Gasteiger partial charge on any atom is 0.257 e. The lowest BCUT2D eigenvalue weighted by Crippen LogP contribution is -2.55. The van der Waals surface area contributed by atoms with Crippen LogP contribution in [0.3, 0.4) is 0 Å². The van der Waals surface area contributed by atoms with Crippen LogP contribution in [0.15, 0.2) is 23.1 Å². The maximum absolute atomic E-state index is 14.2. The monoisotopic (exact) mass is 358 g/mol. The summed E-state index contributed by atoms with van der Waals surface area (Å²) >= 11 is 0. The Morgan fingerprint density at radius 3 is 2.62 bits per heavy atom. The molecule has 0 radical (unpaired) electrons. The summed E-state index contributed by atoms with van der Waals surface area (Å²) < 4.78 is 46.5. The van der Waals surface area contributed by atoms with Crippen molar-refractivity contribution in [1.29, 1.82) is 0 Å². The van der Waals surface area contributed by atoms with Gasteiger partial charge in [-0.3, -0.25) is 4.79 Å². The number of amides is 1. The van der Waals surface area contributed by atoms with Crippen LogP contribution in [0.25, 0.3) is 0 Å². The Kier molecular flexibility index (Phi) is 5.31. The molecule has 1 N–H and O–H groups in total. The predicted octanol–water partition coefficient (Wildman–Crippen LogP) is 1.76. The Bertz CT molecular complexity index is 732. The molecule has 1 aliphatic rings. The lowest BCUT2D eigenvalue weighted by molar-refractivity contribution is -0.0372. The number of hydrogen-bond donors (Lipinski definition) is 1. The summed E-state index contributed by atoms with van der Waals surface area (Å²) in [5, 5.41) is 0. The number of carbonyl (C=O) groups is 1. The fourth-order valence-electron chi connectivity index (χ4n) is 2.59. The van der Waals surface area contributed by atoms with Crippen molar-refractivity contribution in [2.24, 2.45) is 0 Å². The first-order chi connectivity index (χ1) is 11.0. The van der Waals surface area contributed by atoms with E-state index in [1.165, 1.54) is 4.90 Å². The summed E-state index contributed by atoms with van der Waals surface area (Å²) in [5.74, 6) is -1.28. The van der Waals surface area contributed by atoms with Crippen molar-refractivity contribution < 1.29 is 22.3 Å². The number of sulfonamides is 1. The minimum Gasteiger partial charge on any atom is -0.377 e. The minimum absolute atomic E-state index is 0.132. The normalized spacial score (nSPS) is 18.0. The van der Waals surface area contributed by atoms with Crippen molar-refractivity contribution in [3.63, 3.8) is 0 Å². The van der Waals surface area contributed by atoms with Gasteiger partial charge in [0.25, 0.3) is 5.91 Å². The third-order valence-electron chi connectivity index (χ3n) is 3.76. The molecule has 1 aromatic rings. The first-order valence-electron chi connectivity index (χ1n) is 7.76. The number of hydrogen-bond acceptors (Lipinski definition) is 4.